The molecule has 0 aliphatic heterocycles. The molecule has 2 aromatic carbocycles. The fourth-order valence-corrected chi connectivity index (χ4v) is 3.38. The molecule has 0 saturated heterocycles. The molecular formula is C20H18N4O3S. The molecule has 0 aliphatic carbocycles. The second-order valence-electron chi connectivity index (χ2n) is 6.28. The third-order valence-electron chi connectivity index (χ3n) is 4.00. The number of hydrogen-bond acceptors (Lipinski definition) is 8. The first-order valence-corrected chi connectivity index (χ1v) is 9.61. The van der Waals surface area contributed by atoms with E-state index in [9.17, 15) is 0 Å². The zero-order valence-electron chi connectivity index (χ0n) is 15.7. The van der Waals surface area contributed by atoms with E-state index in [0.717, 1.165) is 28.0 Å². The van der Waals surface area contributed by atoms with E-state index < -0.39 is 0 Å². The van der Waals surface area contributed by atoms with E-state index in [2.05, 4.69) is 26.4 Å². The van der Waals surface area contributed by atoms with E-state index in [1.54, 1.807) is 7.11 Å². The summed E-state index contributed by atoms with van der Waals surface area (Å²) in [5.74, 6) is 2.76. The minimum Gasteiger partial charge on any atom is -0.497 e. The molecule has 0 aliphatic rings. The van der Waals surface area contributed by atoms with Crippen molar-refractivity contribution in [3.05, 3.63) is 59.4 Å². The van der Waals surface area contributed by atoms with Gasteiger partial charge >= 0.3 is 0 Å². The lowest BCUT2D eigenvalue weighted by Gasteiger charge is -1.99. The highest BCUT2D eigenvalue weighted by Crippen LogP contribution is 2.27. The van der Waals surface area contributed by atoms with Gasteiger partial charge in [-0.1, -0.05) is 34.1 Å². The standard InChI is InChI=1S/C20H18N4O3S/c1-12-8-13(2)10-15(9-12)19-22-23-20(26-19)28-11-17-21-18(27-24-17)14-4-6-16(25-3)7-5-14/h4-10H,11H2,1-3H3. The summed E-state index contributed by atoms with van der Waals surface area (Å²) in [6, 6.07) is 13.6. The number of aryl methyl sites for hydroxylation is 2. The first kappa shape index (κ1) is 18.2. The van der Waals surface area contributed by atoms with E-state index in [0.29, 0.717) is 28.6 Å². The highest BCUT2D eigenvalue weighted by Gasteiger charge is 2.13. The van der Waals surface area contributed by atoms with E-state index in [4.69, 9.17) is 13.7 Å². The number of rotatable bonds is 6. The molecule has 0 N–H and O–H groups in total. The van der Waals surface area contributed by atoms with Crippen molar-refractivity contribution in [2.45, 2.75) is 24.8 Å². The van der Waals surface area contributed by atoms with E-state index in [1.807, 2.05) is 50.2 Å². The van der Waals surface area contributed by atoms with Gasteiger partial charge in [0.05, 0.1) is 12.9 Å². The Balaban J connectivity index is 1.42. The fourth-order valence-electron chi connectivity index (χ4n) is 2.77. The van der Waals surface area contributed by atoms with Gasteiger partial charge in [-0.25, -0.2) is 0 Å². The summed E-state index contributed by atoms with van der Waals surface area (Å²) in [5, 5.41) is 12.7. The van der Waals surface area contributed by atoms with Crippen LogP contribution in [0.4, 0.5) is 0 Å². The average molecular weight is 394 g/mol. The van der Waals surface area contributed by atoms with Gasteiger partial charge in [-0.3, -0.25) is 0 Å². The Kier molecular flexibility index (Phi) is 5.12. The first-order chi connectivity index (χ1) is 13.6. The van der Waals surface area contributed by atoms with Crippen molar-refractivity contribution in [2.24, 2.45) is 0 Å². The molecule has 28 heavy (non-hydrogen) atoms. The molecule has 0 atom stereocenters. The van der Waals surface area contributed by atoms with Crippen LogP contribution in [0.15, 0.2) is 56.6 Å². The van der Waals surface area contributed by atoms with Crippen LogP contribution in [-0.4, -0.2) is 27.4 Å². The van der Waals surface area contributed by atoms with Gasteiger partial charge in [0.1, 0.15) is 5.75 Å². The molecule has 0 unspecified atom stereocenters. The van der Waals surface area contributed by atoms with Crippen molar-refractivity contribution >= 4 is 11.8 Å². The van der Waals surface area contributed by atoms with Gasteiger partial charge in [0, 0.05) is 11.1 Å². The smallest absolute Gasteiger partial charge is 0.277 e. The minimum absolute atomic E-state index is 0.458. The highest BCUT2D eigenvalue weighted by atomic mass is 32.2. The summed E-state index contributed by atoms with van der Waals surface area (Å²) in [4.78, 5) is 4.41. The van der Waals surface area contributed by atoms with Gasteiger partial charge in [0.2, 0.25) is 5.89 Å². The van der Waals surface area contributed by atoms with Crippen molar-refractivity contribution in [3.8, 4) is 28.7 Å². The van der Waals surface area contributed by atoms with Gasteiger partial charge in [0.15, 0.2) is 5.82 Å². The lowest BCUT2D eigenvalue weighted by Crippen LogP contribution is -1.85. The summed E-state index contributed by atoms with van der Waals surface area (Å²) >= 11 is 1.37. The summed E-state index contributed by atoms with van der Waals surface area (Å²) < 4.78 is 16.2. The van der Waals surface area contributed by atoms with Gasteiger partial charge in [-0.2, -0.15) is 4.98 Å². The van der Waals surface area contributed by atoms with E-state index in [1.165, 1.54) is 11.8 Å². The monoisotopic (exact) mass is 394 g/mol. The molecule has 2 heterocycles. The molecule has 0 fully saturated rings. The predicted molar refractivity (Wildman–Crippen MR) is 105 cm³/mol. The minimum atomic E-state index is 0.458. The van der Waals surface area contributed by atoms with Crippen LogP contribution in [0.1, 0.15) is 17.0 Å². The zero-order chi connectivity index (χ0) is 19.5. The normalized spacial score (nSPS) is 11.0. The Morgan fingerprint density at radius 3 is 2.39 bits per heavy atom. The number of thioether (sulfide) groups is 1. The second kappa shape index (κ2) is 7.85. The maximum atomic E-state index is 5.76. The van der Waals surface area contributed by atoms with Crippen LogP contribution in [0.2, 0.25) is 0 Å². The van der Waals surface area contributed by atoms with Crippen LogP contribution in [-0.2, 0) is 5.75 Å². The Bertz CT molecular complexity index is 1070. The first-order valence-electron chi connectivity index (χ1n) is 8.63. The van der Waals surface area contributed by atoms with E-state index >= 15 is 0 Å². The van der Waals surface area contributed by atoms with Crippen LogP contribution in [0.3, 0.4) is 0 Å². The lowest BCUT2D eigenvalue weighted by atomic mass is 10.1. The van der Waals surface area contributed by atoms with E-state index in [-0.39, 0.29) is 0 Å². The molecule has 8 heteroatoms. The molecule has 0 amide bonds. The molecule has 2 aromatic heterocycles. The molecule has 7 nitrogen and oxygen atoms in total. The van der Waals surface area contributed by atoms with Gasteiger partial charge < -0.3 is 13.7 Å². The number of hydrogen-bond donors (Lipinski definition) is 0. The predicted octanol–water partition coefficient (Wildman–Crippen LogP) is 4.70. The maximum absolute atomic E-state index is 5.76. The number of benzene rings is 2. The Labute approximate surface area is 166 Å². The molecule has 0 spiro atoms. The number of ether oxygens (including phenoxy) is 1. The van der Waals surface area contributed by atoms with Crippen LogP contribution < -0.4 is 4.74 Å². The molecule has 4 rings (SSSR count). The number of methoxy groups -OCH3 is 1. The van der Waals surface area contributed by atoms with Crippen LogP contribution in [0, 0.1) is 13.8 Å². The zero-order valence-corrected chi connectivity index (χ0v) is 16.5. The van der Waals surface area contributed by atoms with Crippen molar-refractivity contribution in [2.75, 3.05) is 7.11 Å². The van der Waals surface area contributed by atoms with Gasteiger partial charge in [0.25, 0.3) is 11.1 Å². The fraction of sp³-hybridized carbons (Fsp3) is 0.200. The maximum Gasteiger partial charge on any atom is 0.277 e. The van der Waals surface area contributed by atoms with Gasteiger partial charge in [-0.05, 0) is 50.2 Å². The molecular weight excluding hydrogens is 376 g/mol. The molecule has 0 saturated carbocycles. The average Bonchev–Trinajstić information content (AvgIpc) is 3.35. The highest BCUT2D eigenvalue weighted by molar-refractivity contribution is 7.98. The molecule has 142 valence electrons. The Morgan fingerprint density at radius 2 is 1.68 bits per heavy atom. The van der Waals surface area contributed by atoms with Crippen molar-refractivity contribution < 1.29 is 13.7 Å². The number of nitrogens with zero attached hydrogens (tertiary/aromatic N) is 4. The number of aromatic nitrogens is 4. The van der Waals surface area contributed by atoms with Gasteiger partial charge in [-0.15, -0.1) is 10.2 Å². The third kappa shape index (κ3) is 4.07. The Morgan fingerprint density at radius 1 is 0.929 bits per heavy atom. The van der Waals surface area contributed by atoms with Crippen molar-refractivity contribution in [1.29, 1.82) is 0 Å². The lowest BCUT2D eigenvalue weighted by molar-refractivity contribution is 0.414. The van der Waals surface area contributed by atoms with Crippen molar-refractivity contribution in [3.63, 3.8) is 0 Å². The molecule has 4 aromatic rings. The Hall–Kier alpha value is -3.13. The summed E-state index contributed by atoms with van der Waals surface area (Å²) in [6.07, 6.45) is 0. The SMILES string of the molecule is COc1ccc(-c2nc(CSc3nnc(-c4cc(C)cc(C)c4)o3)no2)cc1. The summed E-state index contributed by atoms with van der Waals surface area (Å²) in [7, 11) is 1.63. The topological polar surface area (TPSA) is 87.1 Å². The van der Waals surface area contributed by atoms with Crippen molar-refractivity contribution in [1.82, 2.24) is 20.3 Å². The molecule has 0 bridgehead atoms. The second-order valence-corrected chi connectivity index (χ2v) is 7.21. The summed E-state index contributed by atoms with van der Waals surface area (Å²) in [5.41, 5.74) is 4.05. The summed E-state index contributed by atoms with van der Waals surface area (Å²) in [6.45, 7) is 4.08. The third-order valence-corrected chi connectivity index (χ3v) is 4.82. The van der Waals surface area contributed by atoms with Crippen LogP contribution in [0.25, 0.3) is 22.9 Å². The largest absolute Gasteiger partial charge is 0.497 e. The quantitative estimate of drug-likeness (QED) is 0.435. The molecule has 0 radical (unpaired) electrons. The van der Waals surface area contributed by atoms with Crippen LogP contribution in [0.5, 0.6) is 5.75 Å². The van der Waals surface area contributed by atoms with Crippen LogP contribution >= 0.6 is 11.8 Å².